The van der Waals surface area contributed by atoms with Crippen molar-refractivity contribution in [2.24, 2.45) is 17.3 Å². The number of aryl methyl sites for hydroxylation is 1. The fourth-order valence-electron chi connectivity index (χ4n) is 2.17. The second-order valence-corrected chi connectivity index (χ2v) is 5.48. The molecule has 0 aromatic heterocycles. The minimum atomic E-state index is -0.722. The van der Waals surface area contributed by atoms with Crippen molar-refractivity contribution in [3.05, 3.63) is 77.0 Å². The number of nitrogens with zero attached hydrogens (tertiary/aromatic N) is 1. The Morgan fingerprint density at radius 1 is 1.38 bits per heavy atom. The van der Waals surface area contributed by atoms with Crippen LogP contribution in [0, 0.1) is 12.7 Å². The molecule has 0 aliphatic carbocycles. The lowest BCUT2D eigenvalue weighted by Crippen LogP contribution is -2.37. The Bertz CT molecular complexity index is 778. The van der Waals surface area contributed by atoms with Crippen molar-refractivity contribution in [3.8, 4) is 0 Å². The molecule has 1 aromatic rings. The summed E-state index contributed by atoms with van der Waals surface area (Å²) >= 11 is 0. The standard InChI is InChI=1S/C19H25FN4O2/c1-5-7-8-16(13(4)21)24(23)18(19(25)26-6-2)17(22)14-9-10-15(20)12(3)11-14/h5,7-11H,1,6,21-23H2,2-4H3/b8-7-,16-13-,18-17+. The summed E-state index contributed by atoms with van der Waals surface area (Å²) in [5, 5.41) is 1.06. The van der Waals surface area contributed by atoms with Gasteiger partial charge in [-0.2, -0.15) is 0 Å². The monoisotopic (exact) mass is 360 g/mol. The SMILES string of the molecule is C=C/C=C\C(=C(/C)N)N(N)/C(C(=O)OCC)=C(/N)c1ccc(F)c(C)c1. The number of hydrogen-bond acceptors (Lipinski definition) is 6. The molecule has 0 saturated heterocycles. The van der Waals surface area contributed by atoms with E-state index in [4.69, 9.17) is 22.0 Å². The van der Waals surface area contributed by atoms with Crippen LogP contribution >= 0.6 is 0 Å². The number of ether oxygens (including phenoxy) is 1. The van der Waals surface area contributed by atoms with Crippen molar-refractivity contribution in [2.45, 2.75) is 20.8 Å². The Morgan fingerprint density at radius 3 is 2.54 bits per heavy atom. The summed E-state index contributed by atoms with van der Waals surface area (Å²) in [5.41, 5.74) is 13.5. The molecule has 0 radical (unpaired) electrons. The van der Waals surface area contributed by atoms with E-state index in [1.807, 2.05) is 0 Å². The molecule has 6 nitrogen and oxygen atoms in total. The van der Waals surface area contributed by atoms with E-state index in [1.54, 1.807) is 32.9 Å². The van der Waals surface area contributed by atoms with Crippen molar-refractivity contribution in [1.82, 2.24) is 5.01 Å². The van der Waals surface area contributed by atoms with Gasteiger partial charge in [-0.25, -0.2) is 15.0 Å². The van der Waals surface area contributed by atoms with Crippen molar-refractivity contribution in [1.29, 1.82) is 0 Å². The van der Waals surface area contributed by atoms with E-state index < -0.39 is 5.97 Å². The zero-order chi connectivity index (χ0) is 19.9. The van der Waals surface area contributed by atoms with Crippen LogP contribution in [0.5, 0.6) is 0 Å². The highest BCUT2D eigenvalue weighted by molar-refractivity contribution is 5.96. The normalized spacial score (nSPS) is 13.1. The van der Waals surface area contributed by atoms with Gasteiger partial charge in [-0.1, -0.05) is 18.7 Å². The number of esters is 1. The molecule has 0 aliphatic heterocycles. The van der Waals surface area contributed by atoms with Gasteiger partial charge in [-0.3, -0.25) is 5.01 Å². The first-order chi connectivity index (χ1) is 12.2. The predicted molar refractivity (Wildman–Crippen MR) is 101 cm³/mol. The number of benzene rings is 1. The molecule has 0 unspecified atom stereocenters. The third-order valence-corrected chi connectivity index (χ3v) is 3.49. The highest BCUT2D eigenvalue weighted by atomic mass is 19.1. The van der Waals surface area contributed by atoms with Crippen LogP contribution in [0.2, 0.25) is 0 Å². The maximum atomic E-state index is 13.5. The van der Waals surface area contributed by atoms with E-state index >= 15 is 0 Å². The van der Waals surface area contributed by atoms with Gasteiger partial charge in [-0.15, -0.1) is 0 Å². The van der Waals surface area contributed by atoms with Gasteiger partial charge in [0.2, 0.25) is 0 Å². The van der Waals surface area contributed by atoms with Gasteiger partial charge >= 0.3 is 5.97 Å². The molecule has 1 rings (SSSR count). The molecule has 0 aliphatic rings. The molecule has 0 fully saturated rings. The van der Waals surface area contributed by atoms with Gasteiger partial charge in [0.25, 0.3) is 0 Å². The molecule has 0 heterocycles. The quantitative estimate of drug-likeness (QED) is 0.227. The number of hydrazine groups is 1. The first-order valence-electron chi connectivity index (χ1n) is 7.98. The average molecular weight is 360 g/mol. The minimum absolute atomic E-state index is 0.0415. The molecule has 7 heteroatoms. The zero-order valence-electron chi connectivity index (χ0n) is 15.3. The van der Waals surface area contributed by atoms with Gasteiger partial charge in [0.1, 0.15) is 5.82 Å². The number of hydrogen-bond donors (Lipinski definition) is 3. The maximum absolute atomic E-state index is 13.5. The van der Waals surface area contributed by atoms with Gasteiger partial charge in [0, 0.05) is 11.3 Å². The van der Waals surface area contributed by atoms with Gasteiger partial charge < -0.3 is 16.2 Å². The Labute approximate surface area is 153 Å². The smallest absolute Gasteiger partial charge is 0.358 e. The van der Waals surface area contributed by atoms with Gasteiger partial charge in [0.05, 0.1) is 18.0 Å². The predicted octanol–water partition coefficient (Wildman–Crippen LogP) is 2.43. The minimum Gasteiger partial charge on any atom is -0.461 e. The van der Waals surface area contributed by atoms with E-state index in [0.29, 0.717) is 22.5 Å². The third-order valence-electron chi connectivity index (χ3n) is 3.49. The van der Waals surface area contributed by atoms with E-state index in [-0.39, 0.29) is 23.8 Å². The molecule has 0 atom stereocenters. The lowest BCUT2D eigenvalue weighted by atomic mass is 10.1. The number of carbonyl (C=O) groups excluding carboxylic acids is 1. The topological polar surface area (TPSA) is 108 Å². The molecule has 0 spiro atoms. The van der Waals surface area contributed by atoms with E-state index in [0.717, 1.165) is 5.01 Å². The number of rotatable bonds is 7. The highest BCUT2D eigenvalue weighted by Crippen LogP contribution is 2.22. The lowest BCUT2D eigenvalue weighted by Gasteiger charge is -2.24. The van der Waals surface area contributed by atoms with Crippen molar-refractivity contribution in [2.75, 3.05) is 6.61 Å². The van der Waals surface area contributed by atoms with Crippen molar-refractivity contribution >= 4 is 11.7 Å². The van der Waals surface area contributed by atoms with Crippen LogP contribution in [0.1, 0.15) is 25.0 Å². The number of carbonyl (C=O) groups is 1. The van der Waals surface area contributed by atoms with E-state index in [9.17, 15) is 9.18 Å². The maximum Gasteiger partial charge on any atom is 0.358 e. The lowest BCUT2D eigenvalue weighted by molar-refractivity contribution is -0.140. The summed E-state index contributed by atoms with van der Waals surface area (Å²) < 4.78 is 18.6. The Kier molecular flexibility index (Phi) is 7.61. The fraction of sp³-hybridized carbons (Fsp3) is 0.211. The summed E-state index contributed by atoms with van der Waals surface area (Å²) in [7, 11) is 0. The number of allylic oxidation sites excluding steroid dienone is 4. The van der Waals surface area contributed by atoms with Crippen LogP contribution in [0.15, 0.2) is 60.1 Å². The van der Waals surface area contributed by atoms with E-state index in [1.165, 1.54) is 24.3 Å². The van der Waals surface area contributed by atoms with Crippen LogP contribution < -0.4 is 17.3 Å². The molecule has 1 aromatic carbocycles. The molecule has 0 bridgehead atoms. The highest BCUT2D eigenvalue weighted by Gasteiger charge is 2.24. The Hall–Kier alpha value is -3.06. The average Bonchev–Trinajstić information content (AvgIpc) is 2.57. The van der Waals surface area contributed by atoms with Crippen molar-refractivity contribution < 1.29 is 13.9 Å². The molecular weight excluding hydrogens is 335 g/mol. The molecule has 0 saturated carbocycles. The van der Waals surface area contributed by atoms with Crippen LogP contribution in [-0.4, -0.2) is 17.6 Å². The summed E-state index contributed by atoms with van der Waals surface area (Å²) in [6.07, 6.45) is 4.74. The summed E-state index contributed by atoms with van der Waals surface area (Å²) in [4.78, 5) is 12.5. The Balaban J connectivity index is 3.59. The summed E-state index contributed by atoms with van der Waals surface area (Å²) in [6.45, 7) is 8.61. The molecule has 6 N–H and O–H groups in total. The second-order valence-electron chi connectivity index (χ2n) is 5.48. The Morgan fingerprint density at radius 2 is 2.04 bits per heavy atom. The third kappa shape index (κ3) is 4.97. The van der Waals surface area contributed by atoms with Crippen molar-refractivity contribution in [3.63, 3.8) is 0 Å². The second kappa shape index (κ2) is 9.43. The van der Waals surface area contributed by atoms with Crippen LogP contribution in [0.4, 0.5) is 4.39 Å². The van der Waals surface area contributed by atoms with E-state index in [2.05, 4.69) is 6.58 Å². The van der Waals surface area contributed by atoms with Gasteiger partial charge in [0.15, 0.2) is 5.70 Å². The first-order valence-corrected chi connectivity index (χ1v) is 7.98. The van der Waals surface area contributed by atoms with Gasteiger partial charge in [-0.05, 0) is 50.6 Å². The van der Waals surface area contributed by atoms with Crippen LogP contribution in [0.3, 0.4) is 0 Å². The van der Waals surface area contributed by atoms with Crippen LogP contribution in [-0.2, 0) is 9.53 Å². The number of nitrogens with two attached hydrogens (primary N) is 3. The molecule has 26 heavy (non-hydrogen) atoms. The first kappa shape index (κ1) is 21.0. The fourth-order valence-corrected chi connectivity index (χ4v) is 2.17. The zero-order valence-corrected chi connectivity index (χ0v) is 15.3. The molecule has 140 valence electrons. The summed E-state index contributed by atoms with van der Waals surface area (Å²) in [5.74, 6) is 5.04. The molecular formula is C19H25FN4O2. The van der Waals surface area contributed by atoms with Crippen LogP contribution in [0.25, 0.3) is 5.70 Å². The molecule has 0 amide bonds. The largest absolute Gasteiger partial charge is 0.461 e. The summed E-state index contributed by atoms with van der Waals surface area (Å²) in [6, 6.07) is 4.25. The number of halogens is 1.